The number of fused-ring (bicyclic) bond motifs is 3. The van der Waals surface area contributed by atoms with E-state index in [-0.39, 0.29) is 22.3 Å². The number of carboxylic acids is 1. The van der Waals surface area contributed by atoms with Crippen LogP contribution in [-0.4, -0.2) is 17.2 Å². The molecule has 110 valence electrons. The van der Waals surface area contributed by atoms with Gasteiger partial charge in [-0.15, -0.1) is 0 Å². The largest absolute Gasteiger partial charge is 0.478 e. The van der Waals surface area contributed by atoms with Gasteiger partial charge in [-0.25, -0.2) is 4.79 Å². The third kappa shape index (κ3) is 1.72. The van der Waals surface area contributed by atoms with Gasteiger partial charge in [0.05, 0.1) is 15.8 Å². The van der Waals surface area contributed by atoms with Crippen molar-refractivity contribution in [2.24, 2.45) is 0 Å². The Balaban J connectivity index is 2.08. The molecule has 1 unspecified atom stereocenters. The van der Waals surface area contributed by atoms with Crippen molar-refractivity contribution < 1.29 is 19.1 Å². The normalized spacial score (nSPS) is 16.7. The molecule has 0 radical (unpaired) electrons. The molecule has 2 heterocycles. The lowest BCUT2D eigenvalue weighted by Crippen LogP contribution is -2.24. The van der Waals surface area contributed by atoms with E-state index in [1.54, 1.807) is 24.3 Å². The Morgan fingerprint density at radius 3 is 2.82 bits per heavy atom. The van der Waals surface area contributed by atoms with Crippen molar-refractivity contribution in [1.82, 2.24) is 0 Å². The first kappa shape index (κ1) is 13.2. The predicted molar refractivity (Wildman–Crippen MR) is 80.8 cm³/mol. The number of carbonyl (C=O) groups is 1. The number of aliphatic carboxylic acids is 1. The second kappa shape index (κ2) is 4.48. The van der Waals surface area contributed by atoms with Crippen LogP contribution >= 0.6 is 11.6 Å². The van der Waals surface area contributed by atoms with Gasteiger partial charge in [0.1, 0.15) is 16.9 Å². The molecule has 4 rings (SSSR count). The summed E-state index contributed by atoms with van der Waals surface area (Å²) in [5.74, 6) is -0.718. The highest BCUT2D eigenvalue weighted by Gasteiger charge is 2.32. The van der Waals surface area contributed by atoms with Crippen LogP contribution in [0.25, 0.3) is 21.9 Å². The highest BCUT2D eigenvalue weighted by atomic mass is 35.5. The number of carboxylic acid groups (broad SMARTS) is 1. The summed E-state index contributed by atoms with van der Waals surface area (Å²) in [6, 6.07) is 8.41. The lowest BCUT2D eigenvalue weighted by Gasteiger charge is -2.07. The molecular weight excluding hydrogens is 308 g/mol. The average Bonchev–Trinajstić information content (AvgIpc) is 2.92. The zero-order valence-corrected chi connectivity index (χ0v) is 11.9. The Bertz CT molecular complexity index is 1000. The molecule has 0 amide bonds. The maximum atomic E-state index is 12.6. The molecule has 1 aliphatic rings. The van der Waals surface area contributed by atoms with Gasteiger partial charge in [0, 0.05) is 18.1 Å². The van der Waals surface area contributed by atoms with Crippen LogP contribution in [0.5, 0.6) is 5.75 Å². The quantitative estimate of drug-likeness (QED) is 0.698. The molecule has 0 saturated carbocycles. The number of rotatable bonds is 1. The Kier molecular flexibility index (Phi) is 2.68. The highest BCUT2D eigenvalue weighted by molar-refractivity contribution is 6.36. The van der Waals surface area contributed by atoms with E-state index in [2.05, 4.69) is 0 Å². The fraction of sp³-hybridized carbons (Fsp3) is 0.125. The van der Waals surface area contributed by atoms with Gasteiger partial charge < -0.3 is 14.3 Å². The number of halogens is 1. The molecule has 0 saturated heterocycles. The van der Waals surface area contributed by atoms with E-state index in [4.69, 9.17) is 25.9 Å². The smallest absolute Gasteiger partial charge is 0.345 e. The molecule has 0 bridgehead atoms. The summed E-state index contributed by atoms with van der Waals surface area (Å²) in [4.78, 5) is 23.7. The first-order chi connectivity index (χ1) is 10.6. The van der Waals surface area contributed by atoms with Crippen LogP contribution in [0, 0.1) is 0 Å². The molecule has 3 aromatic rings. The maximum Gasteiger partial charge on any atom is 0.345 e. The third-order valence-corrected chi connectivity index (χ3v) is 4.22. The zero-order chi connectivity index (χ0) is 15.4. The van der Waals surface area contributed by atoms with Gasteiger partial charge in [-0.1, -0.05) is 23.7 Å². The zero-order valence-electron chi connectivity index (χ0n) is 11.1. The second-order valence-corrected chi connectivity index (χ2v) is 5.49. The Labute approximate surface area is 128 Å². The van der Waals surface area contributed by atoms with Crippen molar-refractivity contribution in [2.75, 3.05) is 0 Å². The van der Waals surface area contributed by atoms with E-state index in [1.807, 2.05) is 0 Å². The fourth-order valence-electron chi connectivity index (χ4n) is 2.75. The van der Waals surface area contributed by atoms with E-state index in [0.717, 1.165) is 0 Å². The summed E-state index contributed by atoms with van der Waals surface area (Å²) in [6.07, 6.45) is -0.861. The predicted octanol–water partition coefficient (Wildman–Crippen LogP) is 2.99. The lowest BCUT2D eigenvalue weighted by molar-refractivity contribution is -0.144. The van der Waals surface area contributed by atoms with Gasteiger partial charge in [-0.05, 0) is 12.1 Å². The van der Waals surface area contributed by atoms with Crippen LogP contribution in [0.3, 0.4) is 0 Å². The van der Waals surface area contributed by atoms with Crippen LogP contribution in [-0.2, 0) is 11.2 Å². The molecule has 1 aromatic heterocycles. The van der Waals surface area contributed by atoms with Gasteiger partial charge >= 0.3 is 5.97 Å². The molecule has 2 aromatic carbocycles. The first-order valence-corrected chi connectivity index (χ1v) is 7.00. The van der Waals surface area contributed by atoms with Crippen molar-refractivity contribution in [3.63, 3.8) is 0 Å². The summed E-state index contributed by atoms with van der Waals surface area (Å²) >= 11 is 6.33. The third-order valence-electron chi connectivity index (χ3n) is 3.80. The van der Waals surface area contributed by atoms with Crippen molar-refractivity contribution in [3.8, 4) is 5.75 Å². The second-order valence-electron chi connectivity index (χ2n) is 5.12. The molecule has 0 fully saturated rings. The van der Waals surface area contributed by atoms with Gasteiger partial charge in [0.15, 0.2) is 6.10 Å². The molecule has 0 spiro atoms. The van der Waals surface area contributed by atoms with Crippen LogP contribution < -0.4 is 10.2 Å². The van der Waals surface area contributed by atoms with Crippen molar-refractivity contribution in [1.29, 1.82) is 0 Å². The molecule has 1 atom stereocenters. The molecule has 0 aliphatic carbocycles. The summed E-state index contributed by atoms with van der Waals surface area (Å²) in [7, 11) is 0. The molecule has 1 aliphatic heterocycles. The van der Waals surface area contributed by atoms with Crippen molar-refractivity contribution in [3.05, 3.63) is 51.1 Å². The minimum absolute atomic E-state index is 0.131. The van der Waals surface area contributed by atoms with Gasteiger partial charge in [-0.2, -0.15) is 0 Å². The number of hydrogen-bond acceptors (Lipinski definition) is 4. The Hall–Kier alpha value is -2.53. The Morgan fingerprint density at radius 1 is 1.27 bits per heavy atom. The standard InChI is InChI=1S/C16H9ClO5/c17-14-8-5-12(16(19)20)22-10(8)6-11-13(14)15(18)7-3-1-2-4-9(7)21-11/h1-4,6,12H,5H2,(H,19,20). The van der Waals surface area contributed by atoms with E-state index in [1.165, 1.54) is 6.07 Å². The molecule has 5 nitrogen and oxygen atoms in total. The Morgan fingerprint density at radius 2 is 2.05 bits per heavy atom. The number of para-hydroxylation sites is 1. The number of hydrogen-bond donors (Lipinski definition) is 1. The summed E-state index contributed by atoms with van der Waals surface area (Å²) in [5.41, 5.74) is 1.04. The summed E-state index contributed by atoms with van der Waals surface area (Å²) < 4.78 is 11.1. The first-order valence-electron chi connectivity index (χ1n) is 6.62. The molecular formula is C16H9ClO5. The van der Waals surface area contributed by atoms with Gasteiger partial charge in [0.25, 0.3) is 0 Å². The van der Waals surface area contributed by atoms with E-state index < -0.39 is 12.1 Å². The van der Waals surface area contributed by atoms with Crippen molar-refractivity contribution >= 4 is 39.5 Å². The average molecular weight is 317 g/mol. The monoisotopic (exact) mass is 316 g/mol. The number of benzene rings is 2. The van der Waals surface area contributed by atoms with Gasteiger partial charge in [-0.3, -0.25) is 4.79 Å². The summed E-state index contributed by atoms with van der Waals surface area (Å²) in [5, 5.41) is 9.97. The van der Waals surface area contributed by atoms with Crippen LogP contribution in [0.2, 0.25) is 5.02 Å². The minimum Gasteiger partial charge on any atom is -0.478 e. The van der Waals surface area contributed by atoms with E-state index in [0.29, 0.717) is 27.9 Å². The van der Waals surface area contributed by atoms with Crippen LogP contribution in [0.1, 0.15) is 5.56 Å². The SMILES string of the molecule is O=C(O)C1Cc2c(cc3oc4ccccc4c(=O)c3c2Cl)O1. The maximum absolute atomic E-state index is 12.6. The lowest BCUT2D eigenvalue weighted by atomic mass is 10.1. The van der Waals surface area contributed by atoms with Crippen molar-refractivity contribution in [2.45, 2.75) is 12.5 Å². The minimum atomic E-state index is -1.07. The van der Waals surface area contributed by atoms with E-state index >= 15 is 0 Å². The highest BCUT2D eigenvalue weighted by Crippen LogP contribution is 2.39. The molecule has 22 heavy (non-hydrogen) atoms. The number of ether oxygens (including phenoxy) is 1. The topological polar surface area (TPSA) is 76.7 Å². The summed E-state index contributed by atoms with van der Waals surface area (Å²) in [6.45, 7) is 0. The van der Waals surface area contributed by atoms with Gasteiger partial charge in [0.2, 0.25) is 5.43 Å². The molecule has 1 N–H and O–H groups in total. The van der Waals surface area contributed by atoms with Crippen LogP contribution in [0.15, 0.2) is 39.5 Å². The molecule has 6 heteroatoms. The van der Waals surface area contributed by atoms with E-state index in [9.17, 15) is 9.59 Å². The fourth-order valence-corrected chi connectivity index (χ4v) is 3.10. The van der Waals surface area contributed by atoms with Crippen LogP contribution in [0.4, 0.5) is 0 Å².